The standard InChI is InChI=1S/C26H34O10/c1-13(14(2)10-16-6-8-18(33-3)20(12-16)34-4)9-15-5-7-17(27)19(11-15)35-26-23(30)21(28)22(29)24(36-26)25(31)32/h5-8,11-14,21-24,26-30H,9-10H2,1-4H3,(H,31,32)/t13?,14?,21-,22-,23+,24-,26+/m0/s1. The Morgan fingerprint density at radius 3 is 1.97 bits per heavy atom. The normalized spacial score (nSPS) is 25.6. The Labute approximate surface area is 209 Å². The Hall–Kier alpha value is -3.05. The summed E-state index contributed by atoms with van der Waals surface area (Å²) in [5, 5.41) is 49.5. The molecule has 1 aliphatic heterocycles. The minimum Gasteiger partial charge on any atom is -0.504 e. The minimum atomic E-state index is -1.83. The van der Waals surface area contributed by atoms with Gasteiger partial charge >= 0.3 is 5.97 Å². The maximum absolute atomic E-state index is 11.3. The van der Waals surface area contributed by atoms with Gasteiger partial charge in [0.1, 0.15) is 18.3 Å². The Bertz CT molecular complexity index is 1040. The van der Waals surface area contributed by atoms with E-state index >= 15 is 0 Å². The van der Waals surface area contributed by atoms with Gasteiger partial charge in [0, 0.05) is 0 Å². The van der Waals surface area contributed by atoms with Gasteiger partial charge in [-0.3, -0.25) is 0 Å². The third-order valence-electron chi connectivity index (χ3n) is 6.62. The molecule has 2 aromatic carbocycles. The van der Waals surface area contributed by atoms with Gasteiger partial charge in [0.05, 0.1) is 14.2 Å². The molecule has 2 aromatic rings. The Kier molecular flexibility index (Phi) is 9.02. The minimum absolute atomic E-state index is 0.0379. The molecule has 36 heavy (non-hydrogen) atoms. The Morgan fingerprint density at radius 2 is 1.42 bits per heavy atom. The fourth-order valence-corrected chi connectivity index (χ4v) is 4.21. The smallest absolute Gasteiger partial charge is 0.335 e. The van der Waals surface area contributed by atoms with E-state index in [0.29, 0.717) is 17.9 Å². The molecule has 1 fully saturated rings. The van der Waals surface area contributed by atoms with Crippen LogP contribution in [0, 0.1) is 11.8 Å². The van der Waals surface area contributed by atoms with Crippen molar-refractivity contribution in [3.63, 3.8) is 0 Å². The summed E-state index contributed by atoms with van der Waals surface area (Å²) >= 11 is 0. The van der Waals surface area contributed by atoms with E-state index in [1.807, 2.05) is 18.2 Å². The first-order chi connectivity index (χ1) is 17.0. The van der Waals surface area contributed by atoms with Gasteiger partial charge in [0.25, 0.3) is 0 Å². The van der Waals surface area contributed by atoms with Gasteiger partial charge in [-0.2, -0.15) is 0 Å². The number of aromatic hydroxyl groups is 1. The molecule has 0 bridgehead atoms. The monoisotopic (exact) mass is 506 g/mol. The van der Waals surface area contributed by atoms with Crippen LogP contribution in [0.1, 0.15) is 25.0 Å². The van der Waals surface area contributed by atoms with Crippen LogP contribution >= 0.6 is 0 Å². The van der Waals surface area contributed by atoms with Gasteiger partial charge in [-0.05, 0) is 60.1 Å². The van der Waals surface area contributed by atoms with E-state index in [9.17, 15) is 30.3 Å². The van der Waals surface area contributed by atoms with E-state index in [4.69, 9.17) is 18.9 Å². The molecule has 10 heteroatoms. The predicted molar refractivity (Wildman–Crippen MR) is 128 cm³/mol. The molecule has 0 amide bonds. The second kappa shape index (κ2) is 11.8. The van der Waals surface area contributed by atoms with Crippen molar-refractivity contribution in [2.24, 2.45) is 11.8 Å². The molecule has 2 unspecified atom stereocenters. The number of hydrogen-bond acceptors (Lipinski definition) is 9. The second-order valence-electron chi connectivity index (χ2n) is 9.21. The lowest BCUT2D eigenvalue weighted by Crippen LogP contribution is -2.61. The van der Waals surface area contributed by atoms with E-state index in [2.05, 4.69) is 13.8 Å². The van der Waals surface area contributed by atoms with Crippen LogP contribution in [0.4, 0.5) is 0 Å². The molecule has 1 heterocycles. The number of rotatable bonds is 10. The number of benzene rings is 2. The quantitative estimate of drug-likeness (QED) is 0.322. The largest absolute Gasteiger partial charge is 0.504 e. The lowest BCUT2D eigenvalue weighted by atomic mass is 9.85. The maximum Gasteiger partial charge on any atom is 0.335 e. The average Bonchev–Trinajstić information content (AvgIpc) is 2.85. The van der Waals surface area contributed by atoms with Crippen molar-refractivity contribution in [3.05, 3.63) is 47.5 Å². The first kappa shape index (κ1) is 27.5. The number of aliphatic carboxylic acids is 1. The summed E-state index contributed by atoms with van der Waals surface area (Å²) in [6.45, 7) is 4.26. The van der Waals surface area contributed by atoms with Crippen LogP contribution in [-0.4, -0.2) is 76.4 Å². The van der Waals surface area contributed by atoms with E-state index in [-0.39, 0.29) is 23.3 Å². The molecule has 7 atom stereocenters. The van der Waals surface area contributed by atoms with Crippen LogP contribution in [0.15, 0.2) is 36.4 Å². The fourth-order valence-electron chi connectivity index (χ4n) is 4.21. The molecular weight excluding hydrogens is 472 g/mol. The zero-order valence-electron chi connectivity index (χ0n) is 20.7. The summed E-state index contributed by atoms with van der Waals surface area (Å²) in [6.07, 6.45) is -7.29. The number of carbonyl (C=O) groups is 1. The van der Waals surface area contributed by atoms with E-state index in [1.165, 1.54) is 6.07 Å². The van der Waals surface area contributed by atoms with E-state index < -0.39 is 36.7 Å². The average molecular weight is 507 g/mol. The van der Waals surface area contributed by atoms with Crippen molar-refractivity contribution in [1.82, 2.24) is 0 Å². The van der Waals surface area contributed by atoms with Crippen molar-refractivity contribution in [3.8, 4) is 23.0 Å². The van der Waals surface area contributed by atoms with E-state index in [0.717, 1.165) is 17.5 Å². The summed E-state index contributed by atoms with van der Waals surface area (Å²) in [7, 11) is 3.19. The molecule has 0 saturated carbocycles. The number of phenolic OH excluding ortho intramolecular Hbond substituents is 1. The molecule has 5 N–H and O–H groups in total. The first-order valence-corrected chi connectivity index (χ1v) is 11.7. The molecule has 1 aliphatic rings. The van der Waals surface area contributed by atoms with Crippen LogP contribution in [0.25, 0.3) is 0 Å². The lowest BCUT2D eigenvalue weighted by Gasteiger charge is -2.38. The van der Waals surface area contributed by atoms with Crippen LogP contribution in [0.3, 0.4) is 0 Å². The van der Waals surface area contributed by atoms with Crippen LogP contribution in [0.2, 0.25) is 0 Å². The van der Waals surface area contributed by atoms with Gasteiger partial charge in [0.15, 0.2) is 29.1 Å². The van der Waals surface area contributed by atoms with Crippen LogP contribution < -0.4 is 14.2 Å². The summed E-state index contributed by atoms with van der Waals surface area (Å²) < 4.78 is 21.4. The maximum atomic E-state index is 11.3. The zero-order chi connectivity index (χ0) is 26.6. The highest BCUT2D eigenvalue weighted by molar-refractivity contribution is 5.73. The molecule has 1 saturated heterocycles. The molecule has 198 valence electrons. The molecular formula is C26H34O10. The molecule has 3 rings (SSSR count). The third-order valence-corrected chi connectivity index (χ3v) is 6.62. The molecule has 0 aliphatic carbocycles. The number of phenols is 1. The van der Waals surface area contributed by atoms with Crippen molar-refractivity contribution < 1.29 is 49.3 Å². The Balaban J connectivity index is 1.69. The Morgan fingerprint density at radius 1 is 0.861 bits per heavy atom. The van der Waals surface area contributed by atoms with E-state index in [1.54, 1.807) is 26.4 Å². The van der Waals surface area contributed by atoms with Gasteiger partial charge < -0.3 is 44.5 Å². The summed E-state index contributed by atoms with van der Waals surface area (Å²) in [5.41, 5.74) is 1.95. The number of hydrogen-bond donors (Lipinski definition) is 5. The highest BCUT2D eigenvalue weighted by atomic mass is 16.7. The number of aliphatic hydroxyl groups is 3. The summed E-state index contributed by atoms with van der Waals surface area (Å²) in [5.74, 6) is 0.0694. The number of carboxylic acid groups (broad SMARTS) is 1. The van der Waals surface area contributed by atoms with Crippen LogP contribution in [0.5, 0.6) is 23.0 Å². The summed E-state index contributed by atoms with van der Waals surface area (Å²) in [6, 6.07) is 10.6. The number of carboxylic acids is 1. The van der Waals surface area contributed by atoms with Gasteiger partial charge in [-0.15, -0.1) is 0 Å². The highest BCUT2D eigenvalue weighted by Gasteiger charge is 2.48. The van der Waals surface area contributed by atoms with Crippen LogP contribution in [-0.2, 0) is 22.4 Å². The first-order valence-electron chi connectivity index (χ1n) is 11.7. The highest BCUT2D eigenvalue weighted by Crippen LogP contribution is 2.34. The third kappa shape index (κ3) is 6.19. The predicted octanol–water partition coefficient (Wildman–Crippen LogP) is 1.74. The molecule has 10 nitrogen and oxygen atoms in total. The van der Waals surface area contributed by atoms with Crippen molar-refractivity contribution in [1.29, 1.82) is 0 Å². The van der Waals surface area contributed by atoms with Crippen molar-refractivity contribution in [2.75, 3.05) is 14.2 Å². The molecule has 0 spiro atoms. The molecule has 0 aromatic heterocycles. The fraction of sp³-hybridized carbons (Fsp3) is 0.500. The topological polar surface area (TPSA) is 155 Å². The second-order valence-corrected chi connectivity index (χ2v) is 9.21. The summed E-state index contributed by atoms with van der Waals surface area (Å²) in [4.78, 5) is 11.3. The lowest BCUT2D eigenvalue weighted by molar-refractivity contribution is -0.271. The van der Waals surface area contributed by atoms with Gasteiger partial charge in [0.2, 0.25) is 6.29 Å². The number of ether oxygens (including phenoxy) is 4. The number of aliphatic hydroxyl groups excluding tert-OH is 3. The SMILES string of the molecule is COc1ccc(CC(C)C(C)Cc2ccc(O)c(O[C@@H]3O[C@H](C(=O)O)[C@@H](O)[C@H](O)[C@H]3O)c2)cc1OC. The van der Waals surface area contributed by atoms with Crippen molar-refractivity contribution >= 4 is 5.97 Å². The van der Waals surface area contributed by atoms with Gasteiger partial charge in [-0.25, -0.2) is 4.79 Å². The molecule has 0 radical (unpaired) electrons. The van der Waals surface area contributed by atoms with Gasteiger partial charge in [-0.1, -0.05) is 26.0 Å². The van der Waals surface area contributed by atoms with Crippen molar-refractivity contribution in [2.45, 2.75) is 57.4 Å². The number of methoxy groups -OCH3 is 2. The zero-order valence-corrected chi connectivity index (χ0v) is 20.7.